The predicted octanol–water partition coefficient (Wildman–Crippen LogP) is 3.26. The maximum atomic E-state index is 9.64. The fourth-order valence-electron chi connectivity index (χ4n) is 1.94. The average Bonchev–Trinajstić information content (AvgIpc) is 2.29. The van der Waals surface area contributed by atoms with Crippen LogP contribution in [0.25, 0.3) is 0 Å². The lowest BCUT2D eigenvalue weighted by atomic mass is 9.89. The molecule has 1 fully saturated rings. The van der Waals surface area contributed by atoms with E-state index in [0.29, 0.717) is 5.76 Å². The molecule has 0 radical (unpaired) electrons. The standard InChI is InChI=1S/C11H14O/c12-11-8-4-2-6-9-5-1-3-7-10(9)11/h4,6,8,12H,1-3,5,7H2. The van der Waals surface area contributed by atoms with Gasteiger partial charge in [0.15, 0.2) is 0 Å². The van der Waals surface area contributed by atoms with Crippen LogP contribution >= 0.6 is 0 Å². The molecule has 1 heteroatoms. The molecule has 0 amide bonds. The molecular formula is C11H14O. The number of aliphatic hydroxyl groups excluding tert-OH is 1. The molecule has 0 heterocycles. The molecule has 0 aromatic heterocycles. The van der Waals surface area contributed by atoms with Gasteiger partial charge in [-0.2, -0.15) is 0 Å². The van der Waals surface area contributed by atoms with Crippen molar-refractivity contribution >= 4 is 0 Å². The van der Waals surface area contributed by atoms with E-state index in [1.54, 1.807) is 0 Å². The summed E-state index contributed by atoms with van der Waals surface area (Å²) in [4.78, 5) is 0. The second-order valence-corrected chi connectivity index (χ2v) is 3.44. The molecule has 2 aliphatic carbocycles. The molecule has 2 aliphatic rings. The summed E-state index contributed by atoms with van der Waals surface area (Å²) in [7, 11) is 0. The highest BCUT2D eigenvalue weighted by Gasteiger charge is 2.15. The lowest BCUT2D eigenvalue weighted by Crippen LogP contribution is -2.00. The highest BCUT2D eigenvalue weighted by Crippen LogP contribution is 2.32. The van der Waals surface area contributed by atoms with Crippen LogP contribution in [0.5, 0.6) is 0 Å². The number of hydrogen-bond acceptors (Lipinski definition) is 1. The van der Waals surface area contributed by atoms with Gasteiger partial charge >= 0.3 is 0 Å². The topological polar surface area (TPSA) is 20.2 Å². The minimum Gasteiger partial charge on any atom is -0.508 e. The molecule has 1 nitrogen and oxygen atoms in total. The van der Waals surface area contributed by atoms with E-state index < -0.39 is 0 Å². The number of aliphatic hydroxyl groups is 1. The van der Waals surface area contributed by atoms with Crippen LogP contribution in [0.1, 0.15) is 32.1 Å². The maximum absolute atomic E-state index is 9.64. The van der Waals surface area contributed by atoms with Crippen molar-refractivity contribution < 1.29 is 5.11 Å². The molecule has 12 heavy (non-hydrogen) atoms. The Bertz CT molecular complexity index is 269. The summed E-state index contributed by atoms with van der Waals surface area (Å²) in [5.74, 6) is 0.499. The summed E-state index contributed by atoms with van der Waals surface area (Å²) >= 11 is 0. The molecule has 0 saturated heterocycles. The SMILES string of the molecule is OC1=C2CCCCC2=CCC=C1. The normalized spacial score (nSPS) is 23.2. The Morgan fingerprint density at radius 3 is 2.92 bits per heavy atom. The van der Waals surface area contributed by atoms with Crippen molar-refractivity contribution in [3.8, 4) is 0 Å². The summed E-state index contributed by atoms with van der Waals surface area (Å²) in [6, 6.07) is 0. The molecule has 1 saturated carbocycles. The molecule has 1 N–H and O–H groups in total. The molecular weight excluding hydrogens is 148 g/mol. The van der Waals surface area contributed by atoms with Crippen LogP contribution in [-0.2, 0) is 0 Å². The van der Waals surface area contributed by atoms with E-state index >= 15 is 0 Å². The van der Waals surface area contributed by atoms with Gasteiger partial charge in [-0.05, 0) is 49.3 Å². The smallest absolute Gasteiger partial charge is 0.118 e. The van der Waals surface area contributed by atoms with Crippen LogP contribution in [0.2, 0.25) is 0 Å². The zero-order valence-electron chi connectivity index (χ0n) is 7.21. The zero-order valence-corrected chi connectivity index (χ0v) is 7.21. The van der Waals surface area contributed by atoms with Crippen molar-refractivity contribution in [1.82, 2.24) is 0 Å². The van der Waals surface area contributed by atoms with Gasteiger partial charge in [-0.3, -0.25) is 0 Å². The quantitative estimate of drug-likeness (QED) is 0.579. The van der Waals surface area contributed by atoms with Crippen LogP contribution in [0, 0.1) is 0 Å². The number of fused-ring (bicyclic) bond motifs is 1. The predicted molar refractivity (Wildman–Crippen MR) is 50.0 cm³/mol. The van der Waals surface area contributed by atoms with Gasteiger partial charge in [-0.15, -0.1) is 0 Å². The van der Waals surface area contributed by atoms with E-state index in [1.807, 2.05) is 12.2 Å². The zero-order chi connectivity index (χ0) is 8.39. The van der Waals surface area contributed by atoms with E-state index in [-0.39, 0.29) is 0 Å². The highest BCUT2D eigenvalue weighted by atomic mass is 16.3. The Hall–Kier alpha value is -0.980. The van der Waals surface area contributed by atoms with E-state index in [9.17, 15) is 5.11 Å². The summed E-state index contributed by atoms with van der Waals surface area (Å²) in [6.07, 6.45) is 11.8. The number of allylic oxidation sites excluding steroid dienone is 5. The summed E-state index contributed by atoms with van der Waals surface area (Å²) < 4.78 is 0. The second-order valence-electron chi connectivity index (χ2n) is 3.44. The Morgan fingerprint density at radius 2 is 2.00 bits per heavy atom. The summed E-state index contributed by atoms with van der Waals surface area (Å²) in [6.45, 7) is 0. The minimum atomic E-state index is 0.499. The molecule has 64 valence electrons. The lowest BCUT2D eigenvalue weighted by molar-refractivity contribution is 0.420. The molecule has 0 aliphatic heterocycles. The van der Waals surface area contributed by atoms with Gasteiger partial charge in [0.2, 0.25) is 0 Å². The summed E-state index contributed by atoms with van der Waals surface area (Å²) in [5, 5.41) is 9.64. The number of hydrogen-bond donors (Lipinski definition) is 1. The molecule has 0 unspecified atom stereocenters. The fraction of sp³-hybridized carbons (Fsp3) is 0.455. The molecule has 0 atom stereocenters. The van der Waals surface area contributed by atoms with Crippen molar-refractivity contribution in [3.05, 3.63) is 35.1 Å². The van der Waals surface area contributed by atoms with E-state index in [1.165, 1.54) is 24.0 Å². The molecule has 0 bridgehead atoms. The minimum absolute atomic E-state index is 0.499. The van der Waals surface area contributed by atoms with Crippen LogP contribution in [-0.4, -0.2) is 5.11 Å². The Balaban J connectivity index is 2.36. The first kappa shape index (κ1) is 7.66. The molecule has 0 aromatic carbocycles. The monoisotopic (exact) mass is 162 g/mol. The Kier molecular flexibility index (Phi) is 2.03. The maximum Gasteiger partial charge on any atom is 0.118 e. The van der Waals surface area contributed by atoms with Crippen molar-refractivity contribution in [3.63, 3.8) is 0 Å². The molecule has 2 rings (SSSR count). The van der Waals surface area contributed by atoms with E-state index in [2.05, 4.69) is 6.08 Å². The van der Waals surface area contributed by atoms with Gasteiger partial charge in [0.1, 0.15) is 5.76 Å². The van der Waals surface area contributed by atoms with Gasteiger partial charge in [-0.1, -0.05) is 12.2 Å². The number of rotatable bonds is 0. The largest absolute Gasteiger partial charge is 0.508 e. The third-order valence-electron chi connectivity index (χ3n) is 2.60. The van der Waals surface area contributed by atoms with Crippen molar-refractivity contribution in [2.45, 2.75) is 32.1 Å². The van der Waals surface area contributed by atoms with Crippen LogP contribution < -0.4 is 0 Å². The molecule has 0 spiro atoms. The first-order chi connectivity index (χ1) is 5.88. The van der Waals surface area contributed by atoms with Crippen molar-refractivity contribution in [2.75, 3.05) is 0 Å². The average molecular weight is 162 g/mol. The highest BCUT2D eigenvalue weighted by molar-refractivity contribution is 5.40. The Labute approximate surface area is 73.1 Å². The van der Waals surface area contributed by atoms with Gasteiger partial charge < -0.3 is 5.11 Å². The van der Waals surface area contributed by atoms with Gasteiger partial charge in [0.05, 0.1) is 0 Å². The van der Waals surface area contributed by atoms with Crippen LogP contribution in [0.3, 0.4) is 0 Å². The first-order valence-electron chi connectivity index (χ1n) is 4.66. The molecule has 0 aromatic rings. The first-order valence-corrected chi connectivity index (χ1v) is 4.66. The van der Waals surface area contributed by atoms with Crippen LogP contribution in [0.15, 0.2) is 35.1 Å². The summed E-state index contributed by atoms with van der Waals surface area (Å²) in [5.41, 5.74) is 2.57. The lowest BCUT2D eigenvalue weighted by Gasteiger charge is -2.17. The second kappa shape index (κ2) is 3.18. The third kappa shape index (κ3) is 1.31. The van der Waals surface area contributed by atoms with Gasteiger partial charge in [-0.25, -0.2) is 0 Å². The third-order valence-corrected chi connectivity index (χ3v) is 2.60. The Morgan fingerprint density at radius 1 is 1.17 bits per heavy atom. The van der Waals surface area contributed by atoms with Gasteiger partial charge in [0.25, 0.3) is 0 Å². The van der Waals surface area contributed by atoms with Crippen LogP contribution in [0.4, 0.5) is 0 Å². The van der Waals surface area contributed by atoms with Crippen molar-refractivity contribution in [1.29, 1.82) is 0 Å². The van der Waals surface area contributed by atoms with E-state index in [4.69, 9.17) is 0 Å². The van der Waals surface area contributed by atoms with Crippen molar-refractivity contribution in [2.24, 2.45) is 0 Å². The van der Waals surface area contributed by atoms with Gasteiger partial charge in [0, 0.05) is 0 Å². The fourth-order valence-corrected chi connectivity index (χ4v) is 1.94. The van der Waals surface area contributed by atoms with E-state index in [0.717, 1.165) is 19.3 Å².